The number of hydrogen-bond donors (Lipinski definition) is 0. The average Bonchev–Trinajstić information content (AvgIpc) is 1.70. The summed E-state index contributed by atoms with van der Waals surface area (Å²) in [4.78, 5) is 0. The van der Waals surface area contributed by atoms with E-state index in [0.717, 1.165) is 5.92 Å². The second-order valence-corrected chi connectivity index (χ2v) is 21.2. The van der Waals surface area contributed by atoms with Crippen molar-refractivity contribution in [2.45, 2.75) is 0 Å². The van der Waals surface area contributed by atoms with Gasteiger partial charge in [0.25, 0.3) is 0 Å². The summed E-state index contributed by atoms with van der Waals surface area (Å²) < 4.78 is 0. The van der Waals surface area contributed by atoms with E-state index in [1.165, 1.54) is 17.3 Å². The average molecular weight is 287 g/mol. The molecule has 0 rings (SSSR count). The van der Waals surface area contributed by atoms with Gasteiger partial charge in [0.1, 0.15) is 0 Å². The van der Waals surface area contributed by atoms with Crippen molar-refractivity contribution >= 4 is 30.1 Å². The second kappa shape index (κ2) is 5.79. The van der Waals surface area contributed by atoms with Gasteiger partial charge in [0.15, 0.2) is 0 Å². The summed E-state index contributed by atoms with van der Waals surface area (Å²) in [5.74, 6) is 5.39. The molecule has 0 nitrogen and oxygen atoms in total. The zero-order valence-electron chi connectivity index (χ0n) is 12.9. The van der Waals surface area contributed by atoms with Gasteiger partial charge >= 0.3 is 0 Å². The first-order valence-electron chi connectivity index (χ1n) is 5.77. The zero-order chi connectivity index (χ0) is 13.2. The molecule has 0 amide bonds. The van der Waals surface area contributed by atoms with Crippen molar-refractivity contribution in [3.05, 3.63) is 0 Å². The molecule has 0 unspecified atom stereocenters. The standard InChI is InChI=1S/C13H34S3/c1-14(2,3)10-13(11-15(4,5)6)12-16(7,8)9/h13H,10-12H2,1-9H3. The molecule has 0 aliphatic carbocycles. The lowest BCUT2D eigenvalue weighted by Crippen LogP contribution is -2.24. The summed E-state index contributed by atoms with van der Waals surface area (Å²) in [6, 6.07) is 0. The zero-order valence-corrected chi connectivity index (χ0v) is 15.4. The van der Waals surface area contributed by atoms with Gasteiger partial charge in [0, 0.05) is 0 Å². The molecule has 0 N–H and O–H groups in total. The molecule has 0 aromatic heterocycles. The molecule has 0 spiro atoms. The highest BCUT2D eigenvalue weighted by Gasteiger charge is 2.22. The Hall–Kier alpha value is 1.05. The Morgan fingerprint density at radius 2 is 0.688 bits per heavy atom. The first kappa shape index (κ1) is 17.1. The van der Waals surface area contributed by atoms with Crippen LogP contribution >= 0.6 is 30.1 Å². The third-order valence-electron chi connectivity index (χ3n) is 2.21. The molecular weight excluding hydrogens is 252 g/mol. The van der Waals surface area contributed by atoms with Crippen LogP contribution in [-0.2, 0) is 0 Å². The van der Waals surface area contributed by atoms with Crippen LogP contribution in [0.4, 0.5) is 0 Å². The van der Waals surface area contributed by atoms with Gasteiger partial charge in [-0.3, -0.25) is 0 Å². The molecule has 0 heterocycles. The molecule has 0 atom stereocenters. The molecule has 0 saturated carbocycles. The first-order chi connectivity index (χ1) is 6.79. The highest BCUT2D eigenvalue weighted by Crippen LogP contribution is 2.47. The summed E-state index contributed by atoms with van der Waals surface area (Å²) in [6.45, 7) is 0. The molecule has 0 fully saturated rings. The van der Waals surface area contributed by atoms with E-state index in [2.05, 4.69) is 56.3 Å². The molecule has 0 bridgehead atoms. The fourth-order valence-corrected chi connectivity index (χ4v) is 7.66. The monoisotopic (exact) mass is 286 g/mol. The van der Waals surface area contributed by atoms with E-state index in [1.807, 2.05) is 0 Å². The smallest absolute Gasteiger partial charge is 0.0186 e. The molecule has 0 aromatic rings. The van der Waals surface area contributed by atoms with Crippen LogP contribution < -0.4 is 0 Å². The Balaban J connectivity index is 4.53. The van der Waals surface area contributed by atoms with Crippen molar-refractivity contribution in [3.63, 3.8) is 0 Å². The maximum Gasteiger partial charge on any atom is -0.0186 e. The molecule has 0 aliphatic rings. The summed E-state index contributed by atoms with van der Waals surface area (Å²) in [5.41, 5.74) is 0. The van der Waals surface area contributed by atoms with Crippen LogP contribution in [0.3, 0.4) is 0 Å². The lowest BCUT2D eigenvalue weighted by Gasteiger charge is -2.40. The van der Waals surface area contributed by atoms with Crippen LogP contribution in [0.2, 0.25) is 0 Å². The minimum Gasteiger partial charge on any atom is -0.249 e. The van der Waals surface area contributed by atoms with Crippen molar-refractivity contribution in [2.75, 3.05) is 73.6 Å². The van der Waals surface area contributed by atoms with Gasteiger partial charge in [-0.05, 0) is 79.5 Å². The van der Waals surface area contributed by atoms with E-state index >= 15 is 0 Å². The van der Waals surface area contributed by atoms with Gasteiger partial charge in [0.05, 0.1) is 0 Å². The Morgan fingerprint density at radius 1 is 0.500 bits per heavy atom. The molecule has 0 aromatic carbocycles. The van der Waals surface area contributed by atoms with Crippen LogP contribution in [-0.4, -0.2) is 73.6 Å². The second-order valence-electron chi connectivity index (χ2n) is 7.64. The maximum absolute atomic E-state index is 2.47. The molecule has 0 aliphatic heterocycles. The minimum atomic E-state index is -0.341. The largest absolute Gasteiger partial charge is 0.249 e. The van der Waals surface area contributed by atoms with Crippen LogP contribution in [0, 0.1) is 5.92 Å². The maximum atomic E-state index is 2.47. The van der Waals surface area contributed by atoms with Gasteiger partial charge in [-0.15, -0.1) is 0 Å². The van der Waals surface area contributed by atoms with Crippen molar-refractivity contribution < 1.29 is 0 Å². The van der Waals surface area contributed by atoms with Crippen LogP contribution in [0.15, 0.2) is 0 Å². The summed E-state index contributed by atoms with van der Waals surface area (Å²) in [7, 11) is -1.02. The molecule has 0 radical (unpaired) electrons. The lowest BCUT2D eigenvalue weighted by atomic mass is 10.3. The fourth-order valence-electron chi connectivity index (χ4n) is 2.27. The molecule has 104 valence electrons. The first-order valence-corrected chi connectivity index (χ1v) is 14.8. The van der Waals surface area contributed by atoms with E-state index in [-0.39, 0.29) is 30.1 Å². The van der Waals surface area contributed by atoms with Crippen LogP contribution in [0.25, 0.3) is 0 Å². The normalized spacial score (nSPS) is 17.6. The van der Waals surface area contributed by atoms with E-state index in [9.17, 15) is 0 Å². The Bertz CT molecular complexity index is 165. The topological polar surface area (TPSA) is 0 Å². The number of hydrogen-bond acceptors (Lipinski definition) is 0. The van der Waals surface area contributed by atoms with E-state index in [4.69, 9.17) is 0 Å². The van der Waals surface area contributed by atoms with Crippen LogP contribution in [0.1, 0.15) is 0 Å². The van der Waals surface area contributed by atoms with Crippen LogP contribution in [0.5, 0.6) is 0 Å². The van der Waals surface area contributed by atoms with Gasteiger partial charge in [-0.25, -0.2) is 30.1 Å². The lowest BCUT2D eigenvalue weighted by molar-refractivity contribution is 0.767. The summed E-state index contributed by atoms with van der Waals surface area (Å²) in [6.07, 6.45) is 22.2. The number of rotatable bonds is 6. The van der Waals surface area contributed by atoms with Crippen molar-refractivity contribution in [1.29, 1.82) is 0 Å². The Labute approximate surface area is 109 Å². The quantitative estimate of drug-likeness (QED) is 0.699. The highest BCUT2D eigenvalue weighted by atomic mass is 32.3. The van der Waals surface area contributed by atoms with E-state index in [1.54, 1.807) is 0 Å². The molecule has 16 heavy (non-hydrogen) atoms. The minimum absolute atomic E-state index is 0.341. The van der Waals surface area contributed by atoms with E-state index < -0.39 is 0 Å². The molecular formula is C13H34S3. The molecule has 3 heteroatoms. The third-order valence-corrected chi connectivity index (χ3v) is 6.62. The Morgan fingerprint density at radius 3 is 0.812 bits per heavy atom. The van der Waals surface area contributed by atoms with Gasteiger partial charge < -0.3 is 0 Å². The predicted octanol–water partition coefficient (Wildman–Crippen LogP) is 3.68. The predicted molar refractivity (Wildman–Crippen MR) is 94.2 cm³/mol. The van der Waals surface area contributed by atoms with E-state index in [0.29, 0.717) is 0 Å². The van der Waals surface area contributed by atoms with Crippen molar-refractivity contribution in [2.24, 2.45) is 5.92 Å². The third kappa shape index (κ3) is 11.5. The van der Waals surface area contributed by atoms with Gasteiger partial charge in [0.2, 0.25) is 0 Å². The van der Waals surface area contributed by atoms with Crippen molar-refractivity contribution in [3.8, 4) is 0 Å². The Kier molecular flexibility index (Phi) is 6.17. The van der Waals surface area contributed by atoms with Gasteiger partial charge in [-0.1, -0.05) is 0 Å². The SMILES string of the molecule is CS(C)(C)CC(CS(C)(C)C)CS(C)(C)C. The fraction of sp³-hybridized carbons (Fsp3) is 1.00. The van der Waals surface area contributed by atoms with Gasteiger partial charge in [-0.2, -0.15) is 0 Å². The highest BCUT2D eigenvalue weighted by molar-refractivity contribution is 8.33. The van der Waals surface area contributed by atoms with Crippen molar-refractivity contribution in [1.82, 2.24) is 0 Å². The summed E-state index contributed by atoms with van der Waals surface area (Å²) >= 11 is 0. The summed E-state index contributed by atoms with van der Waals surface area (Å²) in [5, 5.41) is 0. The molecule has 0 saturated heterocycles.